The lowest BCUT2D eigenvalue weighted by Gasteiger charge is -2.15. The maximum Gasteiger partial charge on any atom is 0.164 e. The van der Waals surface area contributed by atoms with Gasteiger partial charge in [0, 0.05) is 41.1 Å². The molecule has 0 radical (unpaired) electrons. The zero-order valence-corrected chi connectivity index (χ0v) is 16.9. The fourth-order valence-corrected chi connectivity index (χ4v) is 3.13. The minimum Gasteiger partial charge on any atom is -0.391 e. The summed E-state index contributed by atoms with van der Waals surface area (Å²) in [6.45, 7) is 6.15. The quantitative estimate of drug-likeness (QED) is 0.501. The zero-order chi connectivity index (χ0) is 21.3. The summed E-state index contributed by atoms with van der Waals surface area (Å²) in [7, 11) is 0. The lowest BCUT2D eigenvalue weighted by atomic mass is 10.1. The Kier molecular flexibility index (Phi) is 5.12. The lowest BCUT2D eigenvalue weighted by Crippen LogP contribution is -2.12. The van der Waals surface area contributed by atoms with Gasteiger partial charge in [-0.25, -0.2) is 14.6 Å². The molecule has 4 aromatic heterocycles. The Hall–Kier alpha value is -3.84. The summed E-state index contributed by atoms with van der Waals surface area (Å²) in [6.07, 6.45) is 6.16. The van der Waals surface area contributed by atoms with Gasteiger partial charge in [-0.2, -0.15) is 15.0 Å². The molecule has 0 spiro atoms. The monoisotopic (exact) mass is 403 g/mol. The zero-order valence-electron chi connectivity index (χ0n) is 16.9. The second-order valence-electron chi connectivity index (χ2n) is 7.37. The molecule has 0 aliphatic rings. The molecule has 4 aromatic rings. The van der Waals surface area contributed by atoms with Crippen LogP contribution in [-0.4, -0.2) is 52.0 Å². The highest BCUT2D eigenvalue weighted by Crippen LogP contribution is 2.28. The molecule has 0 bridgehead atoms. The Morgan fingerprint density at radius 2 is 2.00 bits per heavy atom. The smallest absolute Gasteiger partial charge is 0.164 e. The molecule has 0 fully saturated rings. The molecule has 152 valence electrons. The van der Waals surface area contributed by atoms with Crippen molar-refractivity contribution in [1.29, 1.82) is 5.26 Å². The van der Waals surface area contributed by atoms with Crippen molar-refractivity contribution in [2.24, 2.45) is 0 Å². The highest BCUT2D eigenvalue weighted by Gasteiger charge is 2.15. The summed E-state index contributed by atoms with van der Waals surface area (Å²) in [5, 5.41) is 35.5. The van der Waals surface area contributed by atoms with Crippen LogP contribution >= 0.6 is 0 Å². The molecule has 0 unspecified atom stereocenters. The molecule has 10 heteroatoms. The van der Waals surface area contributed by atoms with E-state index in [0.717, 1.165) is 16.6 Å². The molecule has 1 atom stereocenters. The maximum atomic E-state index is 9.57. The molecule has 4 heterocycles. The van der Waals surface area contributed by atoms with E-state index < -0.39 is 6.10 Å². The number of rotatable bonds is 6. The topological polar surface area (TPSA) is 130 Å². The van der Waals surface area contributed by atoms with E-state index in [1.54, 1.807) is 40.9 Å². The number of hydrogen-bond acceptors (Lipinski definition) is 8. The molecule has 0 aliphatic heterocycles. The molecule has 10 nitrogen and oxygen atoms in total. The Bertz CT molecular complexity index is 1230. The van der Waals surface area contributed by atoms with Gasteiger partial charge in [0.05, 0.1) is 30.6 Å². The fraction of sp³-hybridized carbons (Fsp3) is 0.300. The first-order valence-electron chi connectivity index (χ1n) is 9.54. The standard InChI is InChI=1S/C20H21N9O/c1-12(2)25-17-5-19(29-20-15(8-24-29)4-14(6-21)7-23-20)22-9-16(17)18-11-28(27-26-18)10-13(3)30/h4-5,7-9,11-13,30H,10H2,1-3H3,(H,22,25)/t13-/m0/s1. The molecule has 0 aliphatic carbocycles. The molecule has 0 amide bonds. The van der Waals surface area contributed by atoms with Gasteiger partial charge in [-0.3, -0.25) is 0 Å². The highest BCUT2D eigenvalue weighted by molar-refractivity contribution is 5.79. The Balaban J connectivity index is 1.77. The van der Waals surface area contributed by atoms with Gasteiger partial charge < -0.3 is 10.4 Å². The van der Waals surface area contributed by atoms with Crippen LogP contribution in [0.15, 0.2) is 36.9 Å². The predicted octanol–water partition coefficient (Wildman–Crippen LogP) is 2.15. The van der Waals surface area contributed by atoms with Gasteiger partial charge >= 0.3 is 0 Å². The number of nitriles is 1. The number of aromatic nitrogens is 7. The third kappa shape index (κ3) is 3.83. The average Bonchev–Trinajstić information content (AvgIpc) is 3.33. The number of hydrogen-bond donors (Lipinski definition) is 2. The van der Waals surface area contributed by atoms with Gasteiger partial charge in [-0.15, -0.1) is 5.10 Å². The summed E-state index contributed by atoms with van der Waals surface area (Å²) in [5.41, 5.74) is 3.37. The molecule has 2 N–H and O–H groups in total. The summed E-state index contributed by atoms with van der Waals surface area (Å²) in [4.78, 5) is 8.92. The molecular formula is C20H21N9O. The van der Waals surface area contributed by atoms with Crippen molar-refractivity contribution < 1.29 is 5.11 Å². The predicted molar refractivity (Wildman–Crippen MR) is 111 cm³/mol. The van der Waals surface area contributed by atoms with Crippen molar-refractivity contribution in [1.82, 2.24) is 34.7 Å². The van der Waals surface area contributed by atoms with Crippen LogP contribution in [0.25, 0.3) is 28.1 Å². The van der Waals surface area contributed by atoms with E-state index in [2.05, 4.69) is 36.8 Å². The summed E-state index contributed by atoms with van der Waals surface area (Å²) < 4.78 is 3.24. The second kappa shape index (κ2) is 7.88. The van der Waals surface area contributed by atoms with Crippen molar-refractivity contribution in [3.8, 4) is 23.1 Å². The number of aliphatic hydroxyl groups is 1. The van der Waals surface area contributed by atoms with E-state index >= 15 is 0 Å². The van der Waals surface area contributed by atoms with E-state index in [-0.39, 0.29) is 6.04 Å². The first-order valence-corrected chi connectivity index (χ1v) is 9.54. The Morgan fingerprint density at radius 3 is 2.73 bits per heavy atom. The van der Waals surface area contributed by atoms with Gasteiger partial charge in [0.2, 0.25) is 0 Å². The number of aliphatic hydroxyl groups excluding tert-OH is 1. The van der Waals surface area contributed by atoms with Crippen LogP contribution in [0.2, 0.25) is 0 Å². The largest absolute Gasteiger partial charge is 0.391 e. The van der Waals surface area contributed by atoms with Gasteiger partial charge in [-0.05, 0) is 26.8 Å². The van der Waals surface area contributed by atoms with Crippen LogP contribution < -0.4 is 5.32 Å². The van der Waals surface area contributed by atoms with Crippen molar-refractivity contribution in [3.05, 3.63) is 42.5 Å². The molecule has 4 rings (SSSR count). The second-order valence-corrected chi connectivity index (χ2v) is 7.37. The third-order valence-corrected chi connectivity index (χ3v) is 4.35. The minimum atomic E-state index is -0.518. The summed E-state index contributed by atoms with van der Waals surface area (Å²) in [5.74, 6) is 0.588. The minimum absolute atomic E-state index is 0.178. The average molecular weight is 403 g/mol. The molecule has 0 saturated heterocycles. The normalized spacial score (nSPS) is 12.3. The molecule has 0 aromatic carbocycles. The lowest BCUT2D eigenvalue weighted by molar-refractivity contribution is 0.167. The van der Waals surface area contributed by atoms with Crippen molar-refractivity contribution in [2.45, 2.75) is 39.5 Å². The van der Waals surface area contributed by atoms with E-state index in [4.69, 9.17) is 5.26 Å². The van der Waals surface area contributed by atoms with Crippen LogP contribution in [0.4, 0.5) is 5.69 Å². The summed E-state index contributed by atoms with van der Waals surface area (Å²) >= 11 is 0. The SMILES string of the molecule is CC(C)Nc1cc(-n2ncc3cc(C#N)cnc32)ncc1-c1cn(C[C@H](C)O)nn1. The number of nitrogens with one attached hydrogen (secondary N) is 1. The van der Waals surface area contributed by atoms with Crippen LogP contribution in [0.5, 0.6) is 0 Å². The van der Waals surface area contributed by atoms with E-state index in [1.165, 1.54) is 6.20 Å². The maximum absolute atomic E-state index is 9.57. The summed E-state index contributed by atoms with van der Waals surface area (Å²) in [6, 6.07) is 5.89. The van der Waals surface area contributed by atoms with Gasteiger partial charge in [0.25, 0.3) is 0 Å². The van der Waals surface area contributed by atoms with Crippen LogP contribution in [0.1, 0.15) is 26.3 Å². The van der Waals surface area contributed by atoms with Crippen molar-refractivity contribution in [2.75, 3.05) is 5.32 Å². The van der Waals surface area contributed by atoms with E-state index in [9.17, 15) is 5.11 Å². The third-order valence-electron chi connectivity index (χ3n) is 4.35. The Labute approximate surface area is 172 Å². The molecule has 0 saturated carbocycles. The van der Waals surface area contributed by atoms with Crippen LogP contribution in [0, 0.1) is 11.3 Å². The first-order chi connectivity index (χ1) is 14.4. The van der Waals surface area contributed by atoms with Crippen molar-refractivity contribution in [3.63, 3.8) is 0 Å². The highest BCUT2D eigenvalue weighted by atomic mass is 16.3. The number of pyridine rings is 2. The number of anilines is 1. The van der Waals surface area contributed by atoms with Crippen molar-refractivity contribution >= 4 is 16.7 Å². The fourth-order valence-electron chi connectivity index (χ4n) is 3.13. The van der Waals surface area contributed by atoms with Crippen LogP contribution in [0.3, 0.4) is 0 Å². The Morgan fingerprint density at radius 1 is 1.17 bits per heavy atom. The van der Waals surface area contributed by atoms with Gasteiger partial charge in [0.1, 0.15) is 11.8 Å². The van der Waals surface area contributed by atoms with E-state index in [1.807, 2.05) is 19.9 Å². The number of nitrogens with zero attached hydrogens (tertiary/aromatic N) is 8. The van der Waals surface area contributed by atoms with Gasteiger partial charge in [0.15, 0.2) is 11.5 Å². The number of fused-ring (bicyclic) bond motifs is 1. The molecular weight excluding hydrogens is 382 g/mol. The van der Waals surface area contributed by atoms with Gasteiger partial charge in [-0.1, -0.05) is 5.21 Å². The van der Waals surface area contributed by atoms with Crippen LogP contribution in [-0.2, 0) is 6.54 Å². The van der Waals surface area contributed by atoms with E-state index in [0.29, 0.717) is 29.3 Å². The molecule has 30 heavy (non-hydrogen) atoms. The first kappa shape index (κ1) is 19.5.